The smallest absolute Gasteiger partial charge is 0.412 e. The lowest BCUT2D eigenvalue weighted by Crippen LogP contribution is -2.27. The first-order valence-electron chi connectivity index (χ1n) is 13.7. The molecule has 0 aliphatic heterocycles. The molecule has 1 aromatic rings. The number of carbonyl (C=O) groups is 2. The number of halogens is 4. The zero-order chi connectivity index (χ0) is 33.6. The summed E-state index contributed by atoms with van der Waals surface area (Å²) >= 11 is 5.77. The molecule has 0 saturated carbocycles. The fourth-order valence-electron chi connectivity index (χ4n) is 2.28. The molecule has 0 aliphatic carbocycles. The first-order valence-corrected chi connectivity index (χ1v) is 17.7. The van der Waals surface area contributed by atoms with Gasteiger partial charge in [-0.25, -0.2) is 10.2 Å². The van der Waals surface area contributed by atoms with Gasteiger partial charge in [0.2, 0.25) is 0 Å². The van der Waals surface area contributed by atoms with Crippen LogP contribution >= 0.6 is 26.6 Å². The van der Waals surface area contributed by atoms with Crippen molar-refractivity contribution < 1.29 is 50.4 Å². The first kappa shape index (κ1) is 44.8. The summed E-state index contributed by atoms with van der Waals surface area (Å²) in [5.41, 5.74) is 0. The van der Waals surface area contributed by atoms with Gasteiger partial charge in [0.25, 0.3) is 7.52 Å². The Labute approximate surface area is 253 Å². The van der Waals surface area contributed by atoms with Crippen LogP contribution in [-0.4, -0.2) is 62.3 Å². The molecule has 0 radical (unpaired) electrons. The lowest BCUT2D eigenvalue weighted by atomic mass is 10.3. The molecule has 10 nitrogen and oxygen atoms in total. The van der Waals surface area contributed by atoms with Gasteiger partial charge >= 0.3 is 25.6 Å². The maximum Gasteiger partial charge on any atom is 0.412 e. The molecule has 2 atom stereocenters. The van der Waals surface area contributed by atoms with Gasteiger partial charge in [0, 0.05) is 17.3 Å². The molecule has 2 unspecified atom stereocenters. The SMILES string of the molecule is CC.CC.CCP(=O)(NCC(=O)OC(C)C)OCC(F)(F)F.CCP(=O)(NCC(=O)OC(C)C)Oc1ccc(Cl)cc1. The zero-order valence-electron chi connectivity index (χ0n) is 26.2. The van der Waals surface area contributed by atoms with Crippen molar-refractivity contribution in [1.82, 2.24) is 10.2 Å². The average molecular weight is 671 g/mol. The molecule has 0 spiro atoms. The van der Waals surface area contributed by atoms with E-state index in [2.05, 4.69) is 14.7 Å². The highest BCUT2D eigenvalue weighted by Gasteiger charge is 2.33. The zero-order valence-corrected chi connectivity index (χ0v) is 28.7. The maximum atomic E-state index is 12.5. The van der Waals surface area contributed by atoms with E-state index in [-0.39, 0.29) is 31.1 Å². The van der Waals surface area contributed by atoms with Crippen LogP contribution in [0.15, 0.2) is 24.3 Å². The van der Waals surface area contributed by atoms with Crippen LogP contribution in [0.3, 0.4) is 0 Å². The summed E-state index contributed by atoms with van der Waals surface area (Å²) < 4.78 is 79.5. The van der Waals surface area contributed by atoms with Crippen LogP contribution in [0.1, 0.15) is 69.2 Å². The third kappa shape index (κ3) is 24.9. The molecule has 0 amide bonds. The number of carbonyl (C=O) groups excluding carboxylic acids is 2. The van der Waals surface area contributed by atoms with E-state index in [4.69, 9.17) is 25.6 Å². The second-order valence-electron chi connectivity index (χ2n) is 8.16. The molecule has 2 N–H and O–H groups in total. The molecule has 248 valence electrons. The number of nitrogens with one attached hydrogen (secondary N) is 2. The number of hydrogen-bond donors (Lipinski definition) is 2. The fraction of sp³-hybridized carbons (Fsp3) is 0.692. The van der Waals surface area contributed by atoms with Crippen LogP contribution < -0.4 is 14.7 Å². The van der Waals surface area contributed by atoms with Gasteiger partial charge in [0.05, 0.1) is 12.2 Å². The minimum Gasteiger partial charge on any atom is -0.462 e. The first-order chi connectivity index (χ1) is 19.4. The Hall–Kier alpha value is -1.62. The number of hydrogen-bond acceptors (Lipinski definition) is 8. The molecule has 0 heterocycles. The molecule has 42 heavy (non-hydrogen) atoms. The molecule has 1 rings (SSSR count). The predicted octanol–water partition coefficient (Wildman–Crippen LogP) is 7.84. The van der Waals surface area contributed by atoms with E-state index >= 15 is 0 Å². The minimum absolute atomic E-state index is 0.155. The second-order valence-corrected chi connectivity index (χ2v) is 13.6. The summed E-state index contributed by atoms with van der Waals surface area (Å²) in [7, 11) is -6.79. The molecule has 0 aliphatic rings. The highest BCUT2D eigenvalue weighted by atomic mass is 35.5. The van der Waals surface area contributed by atoms with Gasteiger partial charge in [-0.15, -0.1) is 0 Å². The predicted molar refractivity (Wildman–Crippen MR) is 162 cm³/mol. The minimum atomic E-state index is -4.56. The van der Waals surface area contributed by atoms with Gasteiger partial charge in [0.15, 0.2) is 6.61 Å². The second kappa shape index (κ2) is 23.8. The summed E-state index contributed by atoms with van der Waals surface area (Å²) in [6.07, 6.45) is -5.02. The number of benzene rings is 1. The molecular weight excluding hydrogens is 623 g/mol. The van der Waals surface area contributed by atoms with Crippen LogP contribution in [-0.2, 0) is 32.7 Å². The van der Waals surface area contributed by atoms with Gasteiger partial charge in [-0.1, -0.05) is 53.1 Å². The Bertz CT molecular complexity index is 966. The topological polar surface area (TPSA) is 129 Å². The Balaban J connectivity index is -0.000000650. The van der Waals surface area contributed by atoms with E-state index < -0.39 is 46.3 Å². The molecule has 0 fully saturated rings. The van der Waals surface area contributed by atoms with Gasteiger partial charge < -0.3 is 18.5 Å². The molecule has 0 saturated heterocycles. The summed E-state index contributed by atoms with van der Waals surface area (Å²) in [6.45, 7) is 15.6. The van der Waals surface area contributed by atoms with Crippen LogP contribution in [0.2, 0.25) is 5.02 Å². The number of ether oxygens (including phenoxy) is 2. The van der Waals surface area contributed by atoms with Crippen molar-refractivity contribution in [2.24, 2.45) is 0 Å². The van der Waals surface area contributed by atoms with Crippen LogP contribution in [0.4, 0.5) is 13.2 Å². The van der Waals surface area contributed by atoms with Gasteiger partial charge in [-0.05, 0) is 52.0 Å². The van der Waals surface area contributed by atoms with Gasteiger partial charge in [0.1, 0.15) is 18.8 Å². The molecule has 1 aromatic carbocycles. The van der Waals surface area contributed by atoms with Gasteiger partial charge in [-0.2, -0.15) is 13.2 Å². The Morgan fingerprint density at radius 1 is 0.810 bits per heavy atom. The normalized spacial score (nSPS) is 13.5. The van der Waals surface area contributed by atoms with E-state index in [0.29, 0.717) is 10.8 Å². The van der Waals surface area contributed by atoms with Crippen molar-refractivity contribution in [3.8, 4) is 5.75 Å². The molecule has 0 bridgehead atoms. The van der Waals surface area contributed by atoms with Crippen molar-refractivity contribution in [3.05, 3.63) is 29.3 Å². The number of esters is 2. The van der Waals surface area contributed by atoms with Gasteiger partial charge in [-0.3, -0.25) is 18.7 Å². The summed E-state index contributed by atoms with van der Waals surface area (Å²) in [5, 5.41) is 5.39. The van der Waals surface area contributed by atoms with Crippen molar-refractivity contribution in [1.29, 1.82) is 0 Å². The van der Waals surface area contributed by atoms with Crippen LogP contribution in [0.25, 0.3) is 0 Å². The fourth-order valence-corrected chi connectivity index (χ4v) is 4.88. The molecule has 16 heteroatoms. The highest BCUT2D eigenvalue weighted by molar-refractivity contribution is 7.57. The lowest BCUT2D eigenvalue weighted by molar-refractivity contribution is -0.153. The van der Waals surface area contributed by atoms with E-state index in [9.17, 15) is 31.9 Å². The average Bonchev–Trinajstić information content (AvgIpc) is 2.92. The summed E-state index contributed by atoms with van der Waals surface area (Å²) in [6, 6.07) is 6.53. The largest absolute Gasteiger partial charge is 0.462 e. The third-order valence-electron chi connectivity index (χ3n) is 4.00. The van der Waals surface area contributed by atoms with E-state index in [1.165, 1.54) is 6.92 Å². The van der Waals surface area contributed by atoms with Crippen LogP contribution in [0, 0.1) is 0 Å². The molecular formula is C26H48ClF3N2O8P2. The van der Waals surface area contributed by atoms with Crippen molar-refractivity contribution in [3.63, 3.8) is 0 Å². The number of alkyl halides is 3. The summed E-state index contributed by atoms with van der Waals surface area (Å²) in [5.74, 6) is -0.730. The lowest BCUT2D eigenvalue weighted by Gasteiger charge is -2.19. The molecule has 0 aromatic heterocycles. The quantitative estimate of drug-likeness (QED) is 0.149. The standard InChI is InChI=1S/C13H19ClNO4P.C9H17F3NO4P.2C2H6/c1-4-20(17,15-9-13(16)18-10(2)3)19-12-7-5-11(14)6-8-12;1-4-18(15,16-6-9(10,11)12)13-5-8(14)17-7(2)3;2*1-2/h5-8,10H,4,9H2,1-3H3,(H,15,17);7H,4-6H2,1-3H3,(H,13,15);2*1-2H3. The van der Waals surface area contributed by atoms with Crippen molar-refractivity contribution in [2.75, 3.05) is 32.0 Å². The maximum absolute atomic E-state index is 12.5. The summed E-state index contributed by atoms with van der Waals surface area (Å²) in [4.78, 5) is 22.6. The van der Waals surface area contributed by atoms with Crippen molar-refractivity contribution >= 4 is 38.6 Å². The monoisotopic (exact) mass is 670 g/mol. The Morgan fingerprint density at radius 3 is 1.52 bits per heavy atom. The van der Waals surface area contributed by atoms with E-state index in [1.807, 2.05) is 27.7 Å². The third-order valence-corrected chi connectivity index (χ3v) is 8.25. The van der Waals surface area contributed by atoms with Crippen LogP contribution in [0.5, 0.6) is 5.75 Å². The highest BCUT2D eigenvalue weighted by Crippen LogP contribution is 2.43. The van der Waals surface area contributed by atoms with E-state index in [1.54, 1.807) is 58.9 Å². The number of rotatable bonds is 14. The van der Waals surface area contributed by atoms with E-state index in [0.717, 1.165) is 0 Å². The Kier molecular flexibility index (Phi) is 25.4. The van der Waals surface area contributed by atoms with Crippen molar-refractivity contribution in [2.45, 2.75) is 87.6 Å². The Morgan fingerprint density at radius 2 is 1.19 bits per heavy atom.